The molecule has 0 aliphatic rings. The third-order valence-corrected chi connectivity index (χ3v) is 5.81. The van der Waals surface area contributed by atoms with Gasteiger partial charge in [-0.2, -0.15) is 0 Å². The molecule has 152 valence electrons. The average Bonchev–Trinajstić information content (AvgIpc) is 3.30. The van der Waals surface area contributed by atoms with Crippen molar-refractivity contribution in [2.24, 2.45) is 5.92 Å². The van der Waals surface area contributed by atoms with Gasteiger partial charge < -0.3 is 9.73 Å². The average molecular weight is 431 g/mol. The number of nitrogens with zero attached hydrogens (tertiary/aromatic N) is 3. The first-order chi connectivity index (χ1) is 13.8. The molecule has 2 aromatic heterocycles. The zero-order chi connectivity index (χ0) is 21.0. The van der Waals surface area contributed by atoms with Crippen LogP contribution in [0, 0.1) is 12.8 Å². The van der Waals surface area contributed by atoms with Crippen LogP contribution in [0.4, 0.5) is 5.69 Å². The number of hydrogen-bond acceptors (Lipinski definition) is 8. The van der Waals surface area contributed by atoms with Gasteiger partial charge in [0.25, 0.3) is 5.22 Å². The predicted octanol–water partition coefficient (Wildman–Crippen LogP) is 4.38. The van der Waals surface area contributed by atoms with Crippen molar-refractivity contribution in [2.75, 3.05) is 5.32 Å². The normalized spacial score (nSPS) is 12.2. The lowest BCUT2D eigenvalue weighted by atomic mass is 10.1. The van der Waals surface area contributed by atoms with Gasteiger partial charge in [0.15, 0.2) is 5.78 Å². The Hall–Kier alpha value is -2.52. The number of nitrogens with one attached hydrogen (secondary N) is 1. The summed E-state index contributed by atoms with van der Waals surface area (Å²) in [5, 5.41) is 13.8. The SMILES string of the molecule is Cc1nc(Cc2nnc(SC(C)C(=O)c3ccc(NC(=O)C(C)C)cc3)o2)cs1. The van der Waals surface area contributed by atoms with Gasteiger partial charge in [-0.1, -0.05) is 25.6 Å². The van der Waals surface area contributed by atoms with E-state index in [0.717, 1.165) is 10.7 Å². The molecular weight excluding hydrogens is 408 g/mol. The number of aromatic nitrogens is 3. The number of amides is 1. The van der Waals surface area contributed by atoms with Crippen molar-refractivity contribution in [3.8, 4) is 0 Å². The van der Waals surface area contributed by atoms with Crippen molar-refractivity contribution in [3.63, 3.8) is 0 Å². The first-order valence-electron chi connectivity index (χ1n) is 9.17. The standard InChI is InChI=1S/C20H22N4O3S2/c1-11(2)19(26)22-15-7-5-14(6-8-15)18(25)12(3)29-20-24-23-17(27-20)9-16-10-28-13(4)21-16/h5-8,10-12H,9H2,1-4H3,(H,22,26). The van der Waals surface area contributed by atoms with E-state index >= 15 is 0 Å². The third kappa shape index (κ3) is 5.74. The fraction of sp³-hybridized carbons (Fsp3) is 0.350. The molecule has 1 N–H and O–H groups in total. The molecule has 0 bridgehead atoms. The number of rotatable bonds is 8. The Labute approximate surface area is 177 Å². The van der Waals surface area contributed by atoms with Crippen LogP contribution in [0.25, 0.3) is 0 Å². The van der Waals surface area contributed by atoms with Crippen LogP contribution in [0.1, 0.15) is 47.7 Å². The second-order valence-electron chi connectivity index (χ2n) is 6.84. The number of carbonyl (C=O) groups excluding carboxylic acids is 2. The van der Waals surface area contributed by atoms with Crippen LogP contribution in [-0.2, 0) is 11.2 Å². The fourth-order valence-electron chi connectivity index (χ4n) is 2.45. The van der Waals surface area contributed by atoms with E-state index in [1.54, 1.807) is 42.5 Å². The molecule has 2 heterocycles. The highest BCUT2D eigenvalue weighted by atomic mass is 32.2. The molecule has 7 nitrogen and oxygen atoms in total. The van der Waals surface area contributed by atoms with Crippen LogP contribution in [0.15, 0.2) is 39.3 Å². The molecule has 0 radical (unpaired) electrons. The Morgan fingerprint density at radius 3 is 2.52 bits per heavy atom. The maximum Gasteiger partial charge on any atom is 0.277 e. The fourth-order valence-corrected chi connectivity index (χ4v) is 3.84. The van der Waals surface area contributed by atoms with Crippen molar-refractivity contribution in [2.45, 2.75) is 44.6 Å². The second-order valence-corrected chi connectivity index (χ2v) is 9.20. The molecule has 0 spiro atoms. The van der Waals surface area contributed by atoms with Gasteiger partial charge in [-0.3, -0.25) is 9.59 Å². The number of thioether (sulfide) groups is 1. The lowest BCUT2D eigenvalue weighted by Crippen LogP contribution is -2.18. The van der Waals surface area contributed by atoms with Gasteiger partial charge in [0.05, 0.1) is 22.4 Å². The van der Waals surface area contributed by atoms with Crippen molar-refractivity contribution in [1.29, 1.82) is 0 Å². The molecule has 29 heavy (non-hydrogen) atoms. The molecule has 0 saturated carbocycles. The van der Waals surface area contributed by atoms with E-state index in [1.165, 1.54) is 11.8 Å². The molecule has 1 amide bonds. The summed E-state index contributed by atoms with van der Waals surface area (Å²) >= 11 is 2.80. The van der Waals surface area contributed by atoms with Gasteiger partial charge in [0.2, 0.25) is 11.8 Å². The van der Waals surface area contributed by atoms with Gasteiger partial charge >= 0.3 is 0 Å². The summed E-state index contributed by atoms with van der Waals surface area (Å²) in [4.78, 5) is 28.8. The van der Waals surface area contributed by atoms with E-state index in [1.807, 2.05) is 26.2 Å². The number of hydrogen-bond donors (Lipinski definition) is 1. The minimum Gasteiger partial charge on any atom is -0.416 e. The van der Waals surface area contributed by atoms with Crippen LogP contribution < -0.4 is 5.32 Å². The number of aryl methyl sites for hydroxylation is 1. The summed E-state index contributed by atoms with van der Waals surface area (Å²) in [6.07, 6.45) is 0.476. The van der Waals surface area contributed by atoms with Crippen LogP contribution >= 0.6 is 23.1 Å². The number of ketones is 1. The highest BCUT2D eigenvalue weighted by Crippen LogP contribution is 2.26. The quantitative estimate of drug-likeness (QED) is 0.418. The van der Waals surface area contributed by atoms with E-state index in [9.17, 15) is 9.59 Å². The van der Waals surface area contributed by atoms with Crippen LogP contribution in [0.3, 0.4) is 0 Å². The zero-order valence-corrected chi connectivity index (χ0v) is 18.3. The summed E-state index contributed by atoms with van der Waals surface area (Å²) in [6.45, 7) is 7.40. The molecule has 3 aromatic rings. The summed E-state index contributed by atoms with van der Waals surface area (Å²) < 4.78 is 5.64. The summed E-state index contributed by atoms with van der Waals surface area (Å²) in [7, 11) is 0. The van der Waals surface area contributed by atoms with Gasteiger partial charge in [0.1, 0.15) is 0 Å². The number of thiazole rings is 1. The number of benzene rings is 1. The van der Waals surface area contributed by atoms with Crippen LogP contribution in [-0.4, -0.2) is 32.1 Å². The lowest BCUT2D eigenvalue weighted by Gasteiger charge is -2.10. The van der Waals surface area contributed by atoms with Crippen molar-refractivity contribution in [3.05, 3.63) is 51.8 Å². The first kappa shape index (κ1) is 21.2. The molecule has 3 rings (SSSR count). The van der Waals surface area contributed by atoms with E-state index < -0.39 is 0 Å². The lowest BCUT2D eigenvalue weighted by molar-refractivity contribution is -0.118. The van der Waals surface area contributed by atoms with Crippen LogP contribution in [0.5, 0.6) is 0 Å². The molecule has 0 aliphatic carbocycles. The van der Waals surface area contributed by atoms with E-state index in [-0.39, 0.29) is 22.9 Å². The van der Waals surface area contributed by atoms with E-state index in [2.05, 4.69) is 20.5 Å². The number of anilines is 1. The largest absolute Gasteiger partial charge is 0.416 e. The predicted molar refractivity (Wildman–Crippen MR) is 114 cm³/mol. The third-order valence-electron chi connectivity index (χ3n) is 4.06. The first-order valence-corrected chi connectivity index (χ1v) is 10.9. The molecule has 1 atom stereocenters. The molecule has 1 unspecified atom stereocenters. The second kappa shape index (κ2) is 9.32. The smallest absolute Gasteiger partial charge is 0.277 e. The molecule has 0 fully saturated rings. The van der Waals surface area contributed by atoms with Gasteiger partial charge in [-0.05, 0) is 38.1 Å². The molecule has 9 heteroatoms. The maximum atomic E-state index is 12.7. The minimum absolute atomic E-state index is 0.0494. The number of carbonyl (C=O) groups is 2. The Morgan fingerprint density at radius 1 is 1.17 bits per heavy atom. The topological polar surface area (TPSA) is 98.0 Å². The monoisotopic (exact) mass is 430 g/mol. The van der Waals surface area contributed by atoms with Gasteiger partial charge in [0, 0.05) is 22.5 Å². The van der Waals surface area contributed by atoms with E-state index in [0.29, 0.717) is 28.8 Å². The Kier molecular flexibility index (Phi) is 6.81. The molecule has 0 aliphatic heterocycles. The molecule has 1 aromatic carbocycles. The van der Waals surface area contributed by atoms with Crippen LogP contribution in [0.2, 0.25) is 0 Å². The summed E-state index contributed by atoms with van der Waals surface area (Å²) in [5.74, 6) is 0.258. The Balaban J connectivity index is 1.58. The minimum atomic E-state index is -0.388. The van der Waals surface area contributed by atoms with Gasteiger partial charge in [-0.25, -0.2) is 4.98 Å². The van der Waals surface area contributed by atoms with Gasteiger partial charge in [-0.15, -0.1) is 21.5 Å². The van der Waals surface area contributed by atoms with Crippen molar-refractivity contribution < 1.29 is 14.0 Å². The maximum absolute atomic E-state index is 12.7. The molecule has 0 saturated heterocycles. The van der Waals surface area contributed by atoms with Crippen molar-refractivity contribution in [1.82, 2.24) is 15.2 Å². The molecular formula is C20H22N4O3S2. The van der Waals surface area contributed by atoms with Crippen molar-refractivity contribution >= 4 is 40.5 Å². The highest BCUT2D eigenvalue weighted by Gasteiger charge is 2.20. The zero-order valence-electron chi connectivity index (χ0n) is 16.6. The highest BCUT2D eigenvalue weighted by molar-refractivity contribution is 8.00. The van der Waals surface area contributed by atoms with E-state index in [4.69, 9.17) is 4.42 Å². The Morgan fingerprint density at radius 2 is 1.90 bits per heavy atom. The summed E-state index contributed by atoms with van der Waals surface area (Å²) in [6, 6.07) is 6.87. The summed E-state index contributed by atoms with van der Waals surface area (Å²) in [5.41, 5.74) is 2.12. The Bertz CT molecular complexity index is 995. The number of Topliss-reactive ketones (excluding diaryl/α,β-unsaturated/α-hetero) is 1.